The lowest BCUT2D eigenvalue weighted by Gasteiger charge is -2.26. The van der Waals surface area contributed by atoms with Gasteiger partial charge in [0, 0.05) is 6.54 Å². The van der Waals surface area contributed by atoms with E-state index in [2.05, 4.69) is 33.0 Å². The molecule has 19 heavy (non-hydrogen) atoms. The lowest BCUT2D eigenvalue weighted by atomic mass is 9.84. The van der Waals surface area contributed by atoms with Gasteiger partial charge in [0.15, 0.2) is 0 Å². The van der Waals surface area contributed by atoms with E-state index in [4.69, 9.17) is 0 Å². The van der Waals surface area contributed by atoms with Crippen LogP contribution in [0.15, 0.2) is 18.2 Å². The van der Waals surface area contributed by atoms with E-state index in [1.165, 1.54) is 0 Å². The van der Waals surface area contributed by atoms with E-state index < -0.39 is 12.2 Å². The molecule has 1 aromatic rings. The van der Waals surface area contributed by atoms with Gasteiger partial charge < -0.3 is 15.5 Å². The van der Waals surface area contributed by atoms with Crippen LogP contribution in [-0.4, -0.2) is 29.9 Å². The molecule has 1 aromatic carbocycles. The summed E-state index contributed by atoms with van der Waals surface area (Å²) in [5.74, 6) is 0.648. The molecule has 108 valence electrons. The van der Waals surface area contributed by atoms with E-state index >= 15 is 0 Å². The predicted octanol–water partition coefficient (Wildman–Crippen LogP) is 2.55. The summed E-state index contributed by atoms with van der Waals surface area (Å²) in [6, 6.07) is 6.12. The Morgan fingerprint density at radius 3 is 1.84 bits per heavy atom. The largest absolute Gasteiger partial charge is 0.389 e. The van der Waals surface area contributed by atoms with Gasteiger partial charge in [-0.15, -0.1) is 0 Å². The average Bonchev–Trinajstić information content (AvgIpc) is 2.36. The van der Waals surface area contributed by atoms with Gasteiger partial charge in [0.05, 0.1) is 6.10 Å². The van der Waals surface area contributed by atoms with E-state index in [0.29, 0.717) is 18.4 Å². The third kappa shape index (κ3) is 3.78. The smallest absolute Gasteiger partial charge is 0.107 e. The second kappa shape index (κ2) is 7.04. The summed E-state index contributed by atoms with van der Waals surface area (Å²) in [4.78, 5) is 0. The van der Waals surface area contributed by atoms with Crippen LogP contribution in [0.4, 0.5) is 0 Å². The second-order valence-corrected chi connectivity index (χ2v) is 5.73. The van der Waals surface area contributed by atoms with Gasteiger partial charge in [-0.25, -0.2) is 0 Å². The zero-order valence-electron chi connectivity index (χ0n) is 12.6. The third-order valence-electron chi connectivity index (χ3n) is 3.49. The number of nitrogens with one attached hydrogen (secondary N) is 1. The molecule has 2 unspecified atom stereocenters. The van der Waals surface area contributed by atoms with Crippen molar-refractivity contribution in [2.75, 3.05) is 13.6 Å². The number of likely N-dealkylation sites (N-methyl/N-ethyl adjacent to an activating group) is 1. The highest BCUT2D eigenvalue weighted by Crippen LogP contribution is 2.33. The summed E-state index contributed by atoms with van der Waals surface area (Å²) in [7, 11) is 1.77. The van der Waals surface area contributed by atoms with Crippen molar-refractivity contribution in [2.24, 2.45) is 0 Å². The van der Waals surface area contributed by atoms with Gasteiger partial charge in [-0.1, -0.05) is 45.9 Å². The first-order chi connectivity index (χ1) is 8.90. The highest BCUT2D eigenvalue weighted by molar-refractivity contribution is 5.41. The zero-order chi connectivity index (χ0) is 14.6. The summed E-state index contributed by atoms with van der Waals surface area (Å²) in [5.41, 5.74) is 3.14. The van der Waals surface area contributed by atoms with Crippen LogP contribution >= 0.6 is 0 Å². The number of hydrogen-bond donors (Lipinski definition) is 3. The molecule has 0 radical (unpaired) electrons. The Balaban J connectivity index is 3.28. The summed E-state index contributed by atoms with van der Waals surface area (Å²) >= 11 is 0. The van der Waals surface area contributed by atoms with Crippen LogP contribution < -0.4 is 5.32 Å². The lowest BCUT2D eigenvalue weighted by molar-refractivity contribution is 0.0189. The second-order valence-electron chi connectivity index (χ2n) is 5.73. The highest BCUT2D eigenvalue weighted by atomic mass is 16.3. The molecular formula is C16H27NO2. The molecule has 0 spiro atoms. The van der Waals surface area contributed by atoms with Crippen LogP contribution in [0.3, 0.4) is 0 Å². The minimum absolute atomic E-state index is 0.324. The molecule has 0 saturated carbocycles. The summed E-state index contributed by atoms with van der Waals surface area (Å²) < 4.78 is 0. The fourth-order valence-corrected chi connectivity index (χ4v) is 2.46. The number of hydrogen-bond acceptors (Lipinski definition) is 3. The minimum atomic E-state index is -0.844. The molecular weight excluding hydrogens is 238 g/mol. The van der Waals surface area contributed by atoms with Crippen molar-refractivity contribution >= 4 is 0 Å². The molecule has 3 N–H and O–H groups in total. The summed E-state index contributed by atoms with van der Waals surface area (Å²) in [6.07, 6.45) is -1.63. The Morgan fingerprint density at radius 1 is 1.00 bits per heavy atom. The van der Waals surface area contributed by atoms with Gasteiger partial charge in [-0.2, -0.15) is 0 Å². The van der Waals surface area contributed by atoms with Gasteiger partial charge in [0.1, 0.15) is 6.10 Å². The molecule has 0 amide bonds. The molecule has 0 fully saturated rings. The molecule has 0 aliphatic rings. The zero-order valence-corrected chi connectivity index (χ0v) is 12.6. The van der Waals surface area contributed by atoms with Gasteiger partial charge >= 0.3 is 0 Å². The molecule has 3 heteroatoms. The highest BCUT2D eigenvalue weighted by Gasteiger charge is 2.25. The normalized spacial score (nSPS) is 15.0. The molecule has 3 nitrogen and oxygen atoms in total. The van der Waals surface area contributed by atoms with Crippen LogP contribution in [0.1, 0.15) is 62.3 Å². The van der Waals surface area contributed by atoms with Crippen LogP contribution in [0, 0.1) is 0 Å². The molecule has 0 aliphatic heterocycles. The average molecular weight is 265 g/mol. The third-order valence-corrected chi connectivity index (χ3v) is 3.49. The maximum absolute atomic E-state index is 10.5. The first-order valence-corrected chi connectivity index (χ1v) is 7.03. The van der Waals surface area contributed by atoms with Crippen molar-refractivity contribution in [3.63, 3.8) is 0 Å². The minimum Gasteiger partial charge on any atom is -0.389 e. The maximum atomic E-state index is 10.5. The summed E-state index contributed by atoms with van der Waals surface area (Å²) in [5, 5.41) is 23.5. The van der Waals surface area contributed by atoms with Crippen LogP contribution in [0.2, 0.25) is 0 Å². The van der Waals surface area contributed by atoms with E-state index in [0.717, 1.165) is 16.7 Å². The molecule has 1 rings (SSSR count). The monoisotopic (exact) mass is 265 g/mol. The van der Waals surface area contributed by atoms with E-state index in [9.17, 15) is 10.2 Å². The van der Waals surface area contributed by atoms with Crippen LogP contribution in [0.25, 0.3) is 0 Å². The van der Waals surface area contributed by atoms with Crippen LogP contribution in [-0.2, 0) is 0 Å². The Kier molecular flexibility index (Phi) is 5.98. The molecule has 0 bridgehead atoms. The quantitative estimate of drug-likeness (QED) is 0.741. The van der Waals surface area contributed by atoms with Gasteiger partial charge in [-0.3, -0.25) is 0 Å². The van der Waals surface area contributed by atoms with Gasteiger partial charge in [0.25, 0.3) is 0 Å². The van der Waals surface area contributed by atoms with E-state index in [-0.39, 0.29) is 0 Å². The van der Waals surface area contributed by atoms with E-state index in [1.807, 2.05) is 18.2 Å². The number of benzene rings is 1. The fourth-order valence-electron chi connectivity index (χ4n) is 2.46. The topological polar surface area (TPSA) is 52.5 Å². The van der Waals surface area contributed by atoms with Crippen molar-refractivity contribution in [3.8, 4) is 0 Å². The molecule has 0 aromatic heterocycles. The van der Waals surface area contributed by atoms with Crippen molar-refractivity contribution in [1.82, 2.24) is 5.32 Å². The van der Waals surface area contributed by atoms with E-state index in [1.54, 1.807) is 7.05 Å². The van der Waals surface area contributed by atoms with Crippen LogP contribution in [0.5, 0.6) is 0 Å². The Morgan fingerprint density at radius 2 is 1.47 bits per heavy atom. The Hall–Kier alpha value is -0.900. The number of rotatable bonds is 6. The first-order valence-electron chi connectivity index (χ1n) is 7.03. The summed E-state index contributed by atoms with van der Waals surface area (Å²) in [6.45, 7) is 8.82. The molecule has 0 heterocycles. The fraction of sp³-hybridized carbons (Fsp3) is 0.625. The van der Waals surface area contributed by atoms with Crippen molar-refractivity contribution < 1.29 is 10.2 Å². The molecule has 0 saturated heterocycles. The predicted molar refractivity (Wildman–Crippen MR) is 79.5 cm³/mol. The van der Waals surface area contributed by atoms with Crippen molar-refractivity contribution in [3.05, 3.63) is 34.9 Å². The Bertz CT molecular complexity index is 375. The molecule has 2 atom stereocenters. The van der Waals surface area contributed by atoms with Gasteiger partial charge in [-0.05, 0) is 35.6 Å². The first kappa shape index (κ1) is 16.2. The van der Waals surface area contributed by atoms with Gasteiger partial charge in [0.2, 0.25) is 0 Å². The lowest BCUT2D eigenvalue weighted by Crippen LogP contribution is -2.31. The maximum Gasteiger partial charge on any atom is 0.107 e. The SMILES string of the molecule is CNCC(O)C(O)c1c(C(C)C)cccc1C(C)C. The standard InChI is InChI=1S/C16H27NO2/c1-10(2)12-7-6-8-13(11(3)4)15(12)16(19)14(18)9-17-5/h6-8,10-11,14,16-19H,9H2,1-5H3. The van der Waals surface area contributed by atoms with Crippen molar-refractivity contribution in [1.29, 1.82) is 0 Å². The number of aliphatic hydroxyl groups is 2. The number of aliphatic hydroxyl groups excluding tert-OH is 2. The van der Waals surface area contributed by atoms with Crippen molar-refractivity contribution in [2.45, 2.75) is 51.7 Å². The molecule has 0 aliphatic carbocycles. The Labute approximate surface area is 116 Å².